The van der Waals surface area contributed by atoms with E-state index in [2.05, 4.69) is 15.9 Å². The summed E-state index contributed by atoms with van der Waals surface area (Å²) < 4.78 is 1.69. The summed E-state index contributed by atoms with van der Waals surface area (Å²) in [5, 5.41) is 21.3. The largest absolute Gasteiger partial charge is 0.489 e. The van der Waals surface area contributed by atoms with E-state index in [1.54, 1.807) is 11.4 Å². The fourth-order valence-electron chi connectivity index (χ4n) is 1.28. The highest BCUT2D eigenvalue weighted by Crippen LogP contribution is 2.32. The average molecular weight is 291 g/mol. The molecular formula is C8H5BBrClO2S. The molecule has 2 aromatic rings. The molecule has 0 atom stereocenters. The van der Waals surface area contributed by atoms with Crippen LogP contribution < -0.4 is 5.46 Å². The zero-order chi connectivity index (χ0) is 10.3. The van der Waals surface area contributed by atoms with Crippen molar-refractivity contribution in [2.75, 3.05) is 0 Å². The second kappa shape index (κ2) is 3.83. The molecule has 6 heteroatoms. The molecule has 0 radical (unpaired) electrons. The van der Waals surface area contributed by atoms with Crippen molar-refractivity contribution in [1.82, 2.24) is 0 Å². The van der Waals surface area contributed by atoms with Gasteiger partial charge in [-0.25, -0.2) is 0 Å². The van der Waals surface area contributed by atoms with Crippen molar-refractivity contribution >= 4 is 61.5 Å². The topological polar surface area (TPSA) is 40.5 Å². The lowest BCUT2D eigenvalue weighted by Gasteiger charge is -2.01. The molecule has 0 aliphatic carbocycles. The molecule has 1 aromatic carbocycles. The van der Waals surface area contributed by atoms with E-state index in [1.807, 2.05) is 6.07 Å². The molecule has 2 nitrogen and oxygen atoms in total. The average Bonchev–Trinajstić information content (AvgIpc) is 2.55. The molecule has 0 fully saturated rings. The van der Waals surface area contributed by atoms with Crippen LogP contribution in [0.15, 0.2) is 22.0 Å². The molecule has 0 aliphatic rings. The van der Waals surface area contributed by atoms with E-state index < -0.39 is 7.12 Å². The number of thiophene rings is 1. The van der Waals surface area contributed by atoms with Crippen molar-refractivity contribution in [3.8, 4) is 0 Å². The Morgan fingerprint density at radius 1 is 1.36 bits per heavy atom. The molecule has 0 spiro atoms. The summed E-state index contributed by atoms with van der Waals surface area (Å²) in [4.78, 5) is 0. The fraction of sp³-hybridized carbons (Fsp3) is 0. The van der Waals surface area contributed by atoms with Gasteiger partial charge in [-0.2, -0.15) is 0 Å². The van der Waals surface area contributed by atoms with Crippen LogP contribution in [0.4, 0.5) is 0 Å². The molecule has 2 N–H and O–H groups in total. The van der Waals surface area contributed by atoms with Gasteiger partial charge in [0.15, 0.2) is 0 Å². The van der Waals surface area contributed by atoms with Gasteiger partial charge in [-0.05, 0) is 33.4 Å². The monoisotopic (exact) mass is 290 g/mol. The van der Waals surface area contributed by atoms with E-state index in [-0.39, 0.29) is 0 Å². The highest BCUT2D eigenvalue weighted by Gasteiger charge is 2.19. The predicted molar refractivity (Wildman–Crippen MR) is 64.4 cm³/mol. The van der Waals surface area contributed by atoms with Crippen molar-refractivity contribution in [2.45, 2.75) is 0 Å². The Labute approximate surface area is 98.4 Å². The Bertz CT molecular complexity index is 485. The molecule has 0 aliphatic heterocycles. The highest BCUT2D eigenvalue weighted by atomic mass is 79.9. The molecule has 0 saturated heterocycles. The highest BCUT2D eigenvalue weighted by molar-refractivity contribution is 9.10. The molecule has 14 heavy (non-hydrogen) atoms. The minimum absolute atomic E-state index is 0.486. The number of fused-ring (bicyclic) bond motifs is 1. The third-order valence-electron chi connectivity index (χ3n) is 1.94. The Morgan fingerprint density at radius 3 is 2.71 bits per heavy atom. The maximum atomic E-state index is 9.12. The van der Waals surface area contributed by atoms with Crippen molar-refractivity contribution < 1.29 is 10.0 Å². The van der Waals surface area contributed by atoms with E-state index in [1.165, 1.54) is 11.3 Å². The van der Waals surface area contributed by atoms with Crippen molar-refractivity contribution in [3.05, 3.63) is 27.0 Å². The van der Waals surface area contributed by atoms with Crippen LogP contribution in [0.3, 0.4) is 0 Å². The number of halogens is 2. The smallest absolute Gasteiger partial charge is 0.423 e. The molecule has 0 saturated carbocycles. The Morgan fingerprint density at radius 2 is 2.07 bits per heavy atom. The quantitative estimate of drug-likeness (QED) is 0.789. The Balaban J connectivity index is 2.82. The van der Waals surface area contributed by atoms with Crippen LogP contribution in [0, 0.1) is 0 Å². The lowest BCUT2D eigenvalue weighted by molar-refractivity contribution is 0.426. The summed E-state index contributed by atoms with van der Waals surface area (Å²) in [5.74, 6) is 0. The first-order valence-corrected chi connectivity index (χ1v) is 5.87. The standard InChI is InChI=1S/C8H5BBrClO2S/c10-8-5(11)1-2-6-7(8)4(3-14-6)9(12)13/h1-3,12-13H. The Hall–Kier alpha value is -0.0651. The number of rotatable bonds is 1. The van der Waals surface area contributed by atoms with Crippen LogP contribution >= 0.6 is 38.9 Å². The summed E-state index contributed by atoms with van der Waals surface area (Å²) in [6.45, 7) is 0. The van der Waals surface area contributed by atoms with Gasteiger partial charge in [0.05, 0.1) is 5.02 Å². The number of hydrogen-bond donors (Lipinski definition) is 2. The minimum atomic E-state index is -1.46. The maximum Gasteiger partial charge on any atom is 0.489 e. The fourth-order valence-corrected chi connectivity index (χ4v) is 3.12. The molecule has 1 aromatic heterocycles. The lowest BCUT2D eigenvalue weighted by Crippen LogP contribution is -2.28. The molecule has 0 bridgehead atoms. The first kappa shape index (κ1) is 10.5. The summed E-state index contributed by atoms with van der Waals surface area (Å²) in [6, 6.07) is 3.64. The first-order valence-electron chi connectivity index (χ1n) is 3.82. The van der Waals surface area contributed by atoms with Gasteiger partial charge in [0, 0.05) is 20.0 Å². The van der Waals surface area contributed by atoms with Gasteiger partial charge >= 0.3 is 7.12 Å². The van der Waals surface area contributed by atoms with E-state index in [0.29, 0.717) is 15.0 Å². The zero-order valence-corrected chi connectivity index (χ0v) is 10.0. The summed E-state index contributed by atoms with van der Waals surface area (Å²) in [7, 11) is -1.46. The number of hydrogen-bond acceptors (Lipinski definition) is 3. The SMILES string of the molecule is OB(O)c1csc2ccc(Cl)c(Br)c12. The number of benzene rings is 1. The van der Waals surface area contributed by atoms with Gasteiger partial charge < -0.3 is 10.0 Å². The normalized spacial score (nSPS) is 10.9. The van der Waals surface area contributed by atoms with Gasteiger partial charge in [0.25, 0.3) is 0 Å². The molecule has 0 amide bonds. The van der Waals surface area contributed by atoms with Crippen LogP contribution in [-0.2, 0) is 0 Å². The van der Waals surface area contributed by atoms with E-state index >= 15 is 0 Å². The predicted octanol–water partition coefficient (Wildman–Crippen LogP) is 2.00. The third-order valence-corrected chi connectivity index (χ3v) is 4.27. The molecule has 72 valence electrons. The third kappa shape index (κ3) is 1.59. The van der Waals surface area contributed by atoms with Gasteiger partial charge in [-0.1, -0.05) is 11.6 Å². The van der Waals surface area contributed by atoms with Crippen molar-refractivity contribution in [3.63, 3.8) is 0 Å². The van der Waals surface area contributed by atoms with E-state index in [9.17, 15) is 0 Å². The lowest BCUT2D eigenvalue weighted by atomic mass is 9.80. The molecular weight excluding hydrogens is 286 g/mol. The minimum Gasteiger partial charge on any atom is -0.423 e. The molecule has 0 unspecified atom stereocenters. The van der Waals surface area contributed by atoms with Crippen molar-refractivity contribution in [1.29, 1.82) is 0 Å². The Kier molecular flexibility index (Phi) is 2.86. The van der Waals surface area contributed by atoms with E-state index in [0.717, 1.165) is 10.1 Å². The van der Waals surface area contributed by atoms with Gasteiger partial charge in [-0.3, -0.25) is 0 Å². The second-order valence-corrected chi connectivity index (χ2v) is 4.91. The summed E-state index contributed by atoms with van der Waals surface area (Å²) in [6.07, 6.45) is 0. The van der Waals surface area contributed by atoms with Crippen LogP contribution in [0.1, 0.15) is 0 Å². The van der Waals surface area contributed by atoms with E-state index in [4.69, 9.17) is 21.6 Å². The first-order chi connectivity index (χ1) is 6.61. The second-order valence-electron chi connectivity index (χ2n) is 2.80. The molecule has 1 heterocycles. The van der Waals surface area contributed by atoms with Crippen LogP contribution in [0.2, 0.25) is 5.02 Å². The van der Waals surface area contributed by atoms with Gasteiger partial charge in [0.2, 0.25) is 0 Å². The van der Waals surface area contributed by atoms with Crippen LogP contribution in [0.25, 0.3) is 10.1 Å². The summed E-state index contributed by atoms with van der Waals surface area (Å²) >= 11 is 10.7. The van der Waals surface area contributed by atoms with Gasteiger partial charge in [0.1, 0.15) is 0 Å². The summed E-state index contributed by atoms with van der Waals surface area (Å²) in [5.41, 5.74) is 0.486. The van der Waals surface area contributed by atoms with Crippen LogP contribution in [0.5, 0.6) is 0 Å². The van der Waals surface area contributed by atoms with Crippen molar-refractivity contribution in [2.24, 2.45) is 0 Å². The zero-order valence-electron chi connectivity index (χ0n) is 6.87. The van der Waals surface area contributed by atoms with Gasteiger partial charge in [-0.15, -0.1) is 11.3 Å². The van der Waals surface area contributed by atoms with Crippen LogP contribution in [-0.4, -0.2) is 17.2 Å². The maximum absolute atomic E-state index is 9.12. The molecule has 2 rings (SSSR count).